The summed E-state index contributed by atoms with van der Waals surface area (Å²) in [4.78, 5) is 0. The van der Waals surface area contributed by atoms with Gasteiger partial charge in [0.15, 0.2) is 11.6 Å². The molecule has 0 aliphatic heterocycles. The third kappa shape index (κ3) is 3.96. The van der Waals surface area contributed by atoms with Crippen LogP contribution in [0.15, 0.2) is 30.3 Å². The van der Waals surface area contributed by atoms with Crippen molar-refractivity contribution in [3.05, 3.63) is 40.4 Å². The van der Waals surface area contributed by atoms with Crippen LogP contribution in [0, 0.1) is 0 Å². The first kappa shape index (κ1) is 14.8. The lowest BCUT2D eigenvalue weighted by atomic mass is 10.3. The van der Waals surface area contributed by atoms with Gasteiger partial charge in [0.25, 0.3) is 0 Å². The molecule has 1 aromatic heterocycles. The first-order valence-corrected chi connectivity index (χ1v) is 8.02. The predicted octanol–water partition coefficient (Wildman–Crippen LogP) is 2.90. The van der Waals surface area contributed by atoms with Gasteiger partial charge in [0, 0.05) is 0 Å². The summed E-state index contributed by atoms with van der Waals surface area (Å²) in [6.45, 7) is 0. The molecule has 0 atom stereocenters. The van der Waals surface area contributed by atoms with Gasteiger partial charge >= 0.3 is 0 Å². The van der Waals surface area contributed by atoms with Gasteiger partial charge in [-0.3, -0.25) is 4.72 Å². The van der Waals surface area contributed by atoms with E-state index in [0.29, 0.717) is 21.6 Å². The van der Waals surface area contributed by atoms with Crippen LogP contribution >= 0.6 is 23.2 Å². The number of nitrogens with one attached hydrogen (secondary N) is 2. The van der Waals surface area contributed by atoms with Gasteiger partial charge in [-0.25, -0.2) is 8.42 Å². The van der Waals surface area contributed by atoms with Gasteiger partial charge in [-0.1, -0.05) is 29.3 Å². The Kier molecular flexibility index (Phi) is 4.32. The van der Waals surface area contributed by atoms with Crippen LogP contribution < -0.4 is 10.0 Å². The number of hydrogen-bond donors (Lipinski definition) is 2. The Morgan fingerprint density at radius 3 is 2.30 bits per heavy atom. The van der Waals surface area contributed by atoms with Gasteiger partial charge in [0.2, 0.25) is 10.0 Å². The third-order valence-electron chi connectivity index (χ3n) is 2.17. The molecule has 0 unspecified atom stereocenters. The summed E-state index contributed by atoms with van der Waals surface area (Å²) >= 11 is 11.9. The molecule has 2 aromatic rings. The van der Waals surface area contributed by atoms with E-state index in [0.717, 1.165) is 6.26 Å². The van der Waals surface area contributed by atoms with Crippen LogP contribution in [0.1, 0.15) is 0 Å². The predicted molar refractivity (Wildman–Crippen MR) is 80.2 cm³/mol. The number of aromatic nitrogens is 2. The van der Waals surface area contributed by atoms with Gasteiger partial charge in [0.1, 0.15) is 0 Å². The van der Waals surface area contributed by atoms with Gasteiger partial charge in [-0.2, -0.15) is 0 Å². The van der Waals surface area contributed by atoms with Crippen LogP contribution in [0.5, 0.6) is 0 Å². The zero-order chi connectivity index (χ0) is 14.8. The van der Waals surface area contributed by atoms with Crippen molar-refractivity contribution >= 4 is 50.5 Å². The summed E-state index contributed by atoms with van der Waals surface area (Å²) in [6, 6.07) is 8.19. The minimum absolute atomic E-state index is 0.134. The highest BCUT2D eigenvalue weighted by Crippen LogP contribution is 2.31. The highest BCUT2D eigenvalue weighted by Gasteiger charge is 2.07. The number of benzene rings is 1. The van der Waals surface area contributed by atoms with Gasteiger partial charge < -0.3 is 5.32 Å². The van der Waals surface area contributed by atoms with Crippen LogP contribution in [-0.2, 0) is 10.0 Å². The molecule has 0 saturated heterocycles. The summed E-state index contributed by atoms with van der Waals surface area (Å²) in [5, 5.41) is 11.3. The minimum Gasteiger partial charge on any atom is -0.337 e. The van der Waals surface area contributed by atoms with Crippen molar-refractivity contribution < 1.29 is 8.42 Å². The quantitative estimate of drug-likeness (QED) is 0.899. The molecule has 0 fully saturated rings. The van der Waals surface area contributed by atoms with Crippen molar-refractivity contribution in [1.29, 1.82) is 0 Å². The molecule has 1 heterocycles. The first-order chi connectivity index (χ1) is 9.35. The maximum Gasteiger partial charge on any atom is 0.231 e. The zero-order valence-electron chi connectivity index (χ0n) is 10.3. The van der Waals surface area contributed by atoms with Crippen molar-refractivity contribution in [2.24, 2.45) is 0 Å². The lowest BCUT2D eigenvalue weighted by Gasteiger charge is -2.08. The molecule has 0 radical (unpaired) electrons. The molecule has 2 rings (SSSR count). The largest absolute Gasteiger partial charge is 0.337 e. The van der Waals surface area contributed by atoms with Gasteiger partial charge in [0.05, 0.1) is 22.0 Å². The highest BCUT2D eigenvalue weighted by molar-refractivity contribution is 7.92. The normalized spacial score (nSPS) is 11.2. The average Bonchev–Trinajstić information content (AvgIpc) is 2.35. The minimum atomic E-state index is -3.37. The Labute approximate surface area is 126 Å². The molecule has 2 N–H and O–H groups in total. The Morgan fingerprint density at radius 1 is 1.05 bits per heavy atom. The van der Waals surface area contributed by atoms with Gasteiger partial charge in [-0.15, -0.1) is 10.2 Å². The van der Waals surface area contributed by atoms with Crippen LogP contribution in [-0.4, -0.2) is 24.9 Å². The monoisotopic (exact) mass is 332 g/mol. The molecule has 0 aliphatic rings. The maximum atomic E-state index is 11.0. The molecule has 0 bridgehead atoms. The molecule has 1 aromatic carbocycles. The molecule has 0 amide bonds. The Hall–Kier alpha value is -1.57. The molecule has 0 saturated carbocycles. The first-order valence-electron chi connectivity index (χ1n) is 5.38. The highest BCUT2D eigenvalue weighted by atomic mass is 35.5. The van der Waals surface area contributed by atoms with E-state index in [9.17, 15) is 8.42 Å². The second kappa shape index (κ2) is 5.82. The zero-order valence-corrected chi connectivity index (χ0v) is 12.6. The van der Waals surface area contributed by atoms with Crippen molar-refractivity contribution in [3.63, 3.8) is 0 Å². The fraction of sp³-hybridized carbons (Fsp3) is 0.0909. The molecule has 20 heavy (non-hydrogen) atoms. The topological polar surface area (TPSA) is 84.0 Å². The molecule has 0 spiro atoms. The van der Waals surface area contributed by atoms with E-state index in [1.54, 1.807) is 24.3 Å². The standard InChI is InChI=1S/C11H10Cl2N4O2S/c1-20(18,19)17-10-6-5-9(15-16-10)14-8-4-2-3-7(12)11(8)13/h2-6H,1H3,(H,14,15)(H,16,17). The number of halogens is 2. The van der Waals surface area contributed by atoms with Crippen molar-refractivity contribution in [3.8, 4) is 0 Å². The summed E-state index contributed by atoms with van der Waals surface area (Å²) in [6.07, 6.45) is 1.03. The molecular formula is C11H10Cl2N4O2S. The van der Waals surface area contributed by atoms with Crippen LogP contribution in [0.25, 0.3) is 0 Å². The maximum absolute atomic E-state index is 11.0. The fourth-order valence-corrected chi connectivity index (χ4v) is 2.22. The summed E-state index contributed by atoms with van der Waals surface area (Å²) < 4.78 is 24.3. The average molecular weight is 333 g/mol. The molecule has 6 nitrogen and oxygen atoms in total. The van der Waals surface area contributed by atoms with Crippen molar-refractivity contribution in [1.82, 2.24) is 10.2 Å². The molecule has 0 aliphatic carbocycles. The smallest absolute Gasteiger partial charge is 0.231 e. The van der Waals surface area contributed by atoms with E-state index in [1.807, 2.05) is 0 Å². The lowest BCUT2D eigenvalue weighted by Crippen LogP contribution is -2.11. The second-order valence-corrected chi connectivity index (χ2v) is 6.44. The second-order valence-electron chi connectivity index (χ2n) is 3.90. The van der Waals surface area contributed by atoms with Crippen LogP contribution in [0.2, 0.25) is 10.0 Å². The summed E-state index contributed by atoms with van der Waals surface area (Å²) in [5.74, 6) is 0.545. The third-order valence-corrected chi connectivity index (χ3v) is 3.57. The van der Waals surface area contributed by atoms with E-state index in [-0.39, 0.29) is 5.82 Å². The van der Waals surface area contributed by atoms with E-state index in [2.05, 4.69) is 20.2 Å². The number of hydrogen-bond acceptors (Lipinski definition) is 5. The van der Waals surface area contributed by atoms with Crippen LogP contribution in [0.3, 0.4) is 0 Å². The Balaban J connectivity index is 2.17. The molecule has 9 heteroatoms. The lowest BCUT2D eigenvalue weighted by molar-refractivity contribution is 0.606. The van der Waals surface area contributed by atoms with E-state index >= 15 is 0 Å². The molecular weight excluding hydrogens is 323 g/mol. The van der Waals surface area contributed by atoms with Crippen molar-refractivity contribution in [2.75, 3.05) is 16.3 Å². The SMILES string of the molecule is CS(=O)(=O)Nc1ccc(Nc2cccc(Cl)c2Cl)nn1. The van der Waals surface area contributed by atoms with Crippen LogP contribution in [0.4, 0.5) is 17.3 Å². The summed E-state index contributed by atoms with van der Waals surface area (Å²) in [5.41, 5.74) is 0.581. The van der Waals surface area contributed by atoms with Crippen molar-refractivity contribution in [2.45, 2.75) is 0 Å². The number of sulfonamides is 1. The number of nitrogens with zero attached hydrogens (tertiary/aromatic N) is 2. The number of rotatable bonds is 4. The Bertz CT molecular complexity index is 720. The Morgan fingerprint density at radius 2 is 1.70 bits per heavy atom. The fourth-order valence-electron chi connectivity index (χ4n) is 1.38. The summed E-state index contributed by atoms with van der Waals surface area (Å²) in [7, 11) is -3.37. The van der Waals surface area contributed by atoms with Gasteiger partial charge in [-0.05, 0) is 24.3 Å². The van der Waals surface area contributed by atoms with E-state index in [1.165, 1.54) is 6.07 Å². The van der Waals surface area contributed by atoms with E-state index in [4.69, 9.17) is 23.2 Å². The number of anilines is 3. The van der Waals surface area contributed by atoms with E-state index < -0.39 is 10.0 Å². The molecule has 106 valence electrons.